The van der Waals surface area contributed by atoms with Gasteiger partial charge in [-0.25, -0.2) is 0 Å². The molecule has 0 bridgehead atoms. The van der Waals surface area contributed by atoms with Crippen LogP contribution >= 0.6 is 0 Å². The summed E-state index contributed by atoms with van der Waals surface area (Å²) in [5, 5.41) is 44.2. The highest BCUT2D eigenvalue weighted by atomic mass is 16.5. The van der Waals surface area contributed by atoms with E-state index in [0.717, 1.165) is 12.1 Å². The molecule has 4 atom stereocenters. The van der Waals surface area contributed by atoms with Gasteiger partial charge >= 0.3 is 0 Å². The molecule has 1 aromatic rings. The summed E-state index contributed by atoms with van der Waals surface area (Å²) >= 11 is 0. The largest absolute Gasteiger partial charge is 0.512 e. The summed E-state index contributed by atoms with van der Waals surface area (Å²) in [5.41, 5.74) is 5.35. The fourth-order valence-corrected chi connectivity index (χ4v) is 6.24. The minimum Gasteiger partial charge on any atom is -0.512 e. The Morgan fingerprint density at radius 3 is 2.54 bits per heavy atom. The molecule has 9 nitrogen and oxygen atoms in total. The zero-order chi connectivity index (χ0) is 25.8. The van der Waals surface area contributed by atoms with E-state index in [9.17, 15) is 30.0 Å². The first-order chi connectivity index (χ1) is 16.4. The number of primary amides is 1. The number of nitrogens with two attached hydrogens (primary N) is 1. The van der Waals surface area contributed by atoms with Gasteiger partial charge in [0.2, 0.25) is 0 Å². The Kier molecular flexibility index (Phi) is 6.36. The highest BCUT2D eigenvalue weighted by Crippen LogP contribution is 2.54. The second-order valence-corrected chi connectivity index (χ2v) is 10.2. The molecular formula is C26H34N2O7. The number of hydrogen-bond acceptors (Lipinski definition) is 8. The summed E-state index contributed by atoms with van der Waals surface area (Å²) in [4.78, 5) is 27.7. The fourth-order valence-electron chi connectivity index (χ4n) is 6.24. The van der Waals surface area contributed by atoms with Gasteiger partial charge in [-0.05, 0) is 49.7 Å². The highest BCUT2D eigenvalue weighted by molar-refractivity contribution is 6.14. The number of ether oxygens (including phenoxy) is 1. The van der Waals surface area contributed by atoms with Gasteiger partial charge in [0, 0.05) is 43.9 Å². The van der Waals surface area contributed by atoms with Crippen molar-refractivity contribution in [3.63, 3.8) is 0 Å². The molecule has 0 spiro atoms. The van der Waals surface area contributed by atoms with Gasteiger partial charge in [-0.3, -0.25) is 9.59 Å². The Morgan fingerprint density at radius 1 is 1.26 bits per heavy atom. The molecule has 0 radical (unpaired) electrons. The van der Waals surface area contributed by atoms with Gasteiger partial charge in [0.1, 0.15) is 22.9 Å². The Morgan fingerprint density at radius 2 is 1.94 bits per heavy atom. The predicted molar refractivity (Wildman–Crippen MR) is 129 cm³/mol. The van der Waals surface area contributed by atoms with E-state index < -0.39 is 29.1 Å². The maximum absolute atomic E-state index is 13.8. The summed E-state index contributed by atoms with van der Waals surface area (Å²) in [6, 6.07) is 1.83. The van der Waals surface area contributed by atoms with Gasteiger partial charge in [0.05, 0.1) is 23.7 Å². The number of phenolic OH excluding ortho intramolecular Hbond substituents is 1. The van der Waals surface area contributed by atoms with Gasteiger partial charge in [0.25, 0.3) is 5.91 Å². The van der Waals surface area contributed by atoms with E-state index in [2.05, 4.69) is 0 Å². The van der Waals surface area contributed by atoms with Crippen LogP contribution in [0.15, 0.2) is 28.7 Å². The number of ketones is 1. The summed E-state index contributed by atoms with van der Waals surface area (Å²) in [6.45, 7) is 3.95. The van der Waals surface area contributed by atoms with Crippen molar-refractivity contribution in [2.24, 2.45) is 23.5 Å². The molecule has 9 heteroatoms. The summed E-state index contributed by atoms with van der Waals surface area (Å²) in [7, 11) is 3.72. The Labute approximate surface area is 204 Å². The zero-order valence-corrected chi connectivity index (χ0v) is 20.6. The first-order valence-electron chi connectivity index (χ1n) is 12.0. The van der Waals surface area contributed by atoms with Crippen molar-refractivity contribution in [1.29, 1.82) is 0 Å². The lowest BCUT2D eigenvalue weighted by molar-refractivity contribution is -0.119. The first-order valence-corrected chi connectivity index (χ1v) is 12.0. The van der Waals surface area contributed by atoms with E-state index in [1.54, 1.807) is 0 Å². The van der Waals surface area contributed by atoms with Gasteiger partial charge < -0.3 is 35.8 Å². The van der Waals surface area contributed by atoms with Crippen molar-refractivity contribution in [3.05, 3.63) is 45.4 Å². The second kappa shape index (κ2) is 8.87. The van der Waals surface area contributed by atoms with Crippen LogP contribution < -0.4 is 10.6 Å². The van der Waals surface area contributed by atoms with E-state index in [0.29, 0.717) is 30.6 Å². The second-order valence-electron chi connectivity index (χ2n) is 10.2. The number of fused-ring (bicyclic) bond motifs is 3. The van der Waals surface area contributed by atoms with Crippen LogP contribution in [0.4, 0.5) is 5.69 Å². The third kappa shape index (κ3) is 3.87. The minimum absolute atomic E-state index is 0.0630. The molecule has 1 amide bonds. The van der Waals surface area contributed by atoms with Crippen LogP contribution in [0.1, 0.15) is 54.6 Å². The molecule has 6 N–H and O–H groups in total. The first kappa shape index (κ1) is 25.1. The molecule has 0 aromatic heterocycles. The number of phenols is 1. The average Bonchev–Trinajstić information content (AvgIpc) is 2.73. The van der Waals surface area contributed by atoms with Gasteiger partial charge in [0.15, 0.2) is 5.78 Å². The number of aromatic hydroxyl groups is 1. The summed E-state index contributed by atoms with van der Waals surface area (Å²) < 4.78 is 5.62. The Bertz CT molecular complexity index is 1150. The Hall–Kier alpha value is -3.04. The van der Waals surface area contributed by atoms with E-state index in [1.165, 1.54) is 6.92 Å². The molecule has 0 saturated heterocycles. The monoisotopic (exact) mass is 486 g/mol. The van der Waals surface area contributed by atoms with E-state index in [1.807, 2.05) is 32.0 Å². The third-order valence-electron chi connectivity index (χ3n) is 7.61. The van der Waals surface area contributed by atoms with E-state index in [-0.39, 0.29) is 52.9 Å². The van der Waals surface area contributed by atoms with Crippen molar-refractivity contribution in [2.75, 3.05) is 25.6 Å². The predicted octanol–water partition coefficient (Wildman–Crippen LogP) is 2.64. The number of nitrogens with zero attached hydrogens (tertiary/aromatic N) is 1. The normalized spacial score (nSPS) is 27.9. The molecule has 4 rings (SSSR count). The number of aliphatic hydroxyl groups excluding tert-OH is 2. The quantitative estimate of drug-likeness (QED) is 0.385. The number of rotatable bonds is 6. The van der Waals surface area contributed by atoms with Gasteiger partial charge in [-0.15, -0.1) is 0 Å². The van der Waals surface area contributed by atoms with E-state index >= 15 is 0 Å². The maximum atomic E-state index is 13.8. The van der Waals surface area contributed by atoms with Crippen molar-refractivity contribution >= 4 is 17.4 Å². The molecule has 190 valence electrons. The van der Waals surface area contributed by atoms with Gasteiger partial charge in [-0.1, -0.05) is 6.92 Å². The average molecular weight is 487 g/mol. The standard InChI is InChI=1S/C26H34N2O7/c1-5-6-35-11-14-9-16(28(3)4)15-8-12-7-13-10-17(29)21(25(27)33)26(2,34)20(13)24(32)18(12)23(31)19(15)22(14)30/h9,12-13,20,29-30,32,34H,5-8,10-11H2,1-4H3,(H2,27,33). The van der Waals surface area contributed by atoms with Crippen LogP contribution in [-0.4, -0.2) is 58.4 Å². The van der Waals surface area contributed by atoms with Crippen LogP contribution in [-0.2, 0) is 22.6 Å². The topological polar surface area (TPSA) is 154 Å². The number of Topliss-reactive ketones (excluding diaryl/α,β-unsaturated/α-hetero) is 1. The molecule has 0 aliphatic heterocycles. The molecule has 3 aliphatic carbocycles. The lowest BCUT2D eigenvalue weighted by Gasteiger charge is -2.48. The van der Waals surface area contributed by atoms with Crippen molar-refractivity contribution in [1.82, 2.24) is 0 Å². The van der Waals surface area contributed by atoms with Crippen LogP contribution in [0.25, 0.3) is 0 Å². The number of hydrogen-bond donors (Lipinski definition) is 5. The minimum atomic E-state index is -1.95. The number of allylic oxidation sites excluding steroid dienone is 2. The molecule has 35 heavy (non-hydrogen) atoms. The Balaban J connectivity index is 1.86. The van der Waals surface area contributed by atoms with E-state index in [4.69, 9.17) is 10.5 Å². The SMILES string of the molecule is CCCOCc1cc(N(C)C)c2c(c1O)C(=O)C1=C(O)C3C(CC(O)=C(C(N)=O)C3(C)O)CC1C2. The van der Waals surface area contributed by atoms with Crippen molar-refractivity contribution < 1.29 is 34.8 Å². The number of carbonyl (C=O) groups is 2. The molecular weight excluding hydrogens is 452 g/mol. The number of anilines is 1. The van der Waals surface area contributed by atoms with Crippen molar-refractivity contribution in [2.45, 2.75) is 51.7 Å². The summed E-state index contributed by atoms with van der Waals surface area (Å²) in [5.74, 6) is -3.98. The number of benzene rings is 1. The lowest BCUT2D eigenvalue weighted by atomic mass is 9.58. The molecule has 0 heterocycles. The van der Waals surface area contributed by atoms with Gasteiger partial charge in [-0.2, -0.15) is 0 Å². The smallest absolute Gasteiger partial charge is 0.250 e. The number of amides is 1. The number of carbonyl (C=O) groups excluding carboxylic acids is 2. The highest BCUT2D eigenvalue weighted by Gasteiger charge is 2.55. The molecule has 0 saturated carbocycles. The van der Waals surface area contributed by atoms with Crippen LogP contribution in [0, 0.1) is 17.8 Å². The van der Waals surface area contributed by atoms with Crippen LogP contribution in [0.3, 0.4) is 0 Å². The number of aliphatic hydroxyl groups is 3. The van der Waals surface area contributed by atoms with Crippen LogP contribution in [0.5, 0.6) is 5.75 Å². The molecule has 1 aromatic carbocycles. The third-order valence-corrected chi connectivity index (χ3v) is 7.61. The zero-order valence-electron chi connectivity index (χ0n) is 20.6. The molecule has 3 aliphatic rings. The lowest BCUT2D eigenvalue weighted by Crippen LogP contribution is -2.52. The van der Waals surface area contributed by atoms with Crippen LogP contribution in [0.2, 0.25) is 0 Å². The summed E-state index contributed by atoms with van der Waals surface area (Å²) in [6.07, 6.45) is 1.69. The fraction of sp³-hybridized carbons (Fsp3) is 0.538. The molecule has 4 unspecified atom stereocenters. The van der Waals surface area contributed by atoms with Crippen molar-refractivity contribution in [3.8, 4) is 5.75 Å². The maximum Gasteiger partial charge on any atom is 0.250 e. The molecule has 0 fully saturated rings.